The molecule has 2 N–H and O–H groups in total. The topological polar surface area (TPSA) is 39.7 Å². The van der Waals surface area contributed by atoms with Crippen molar-refractivity contribution in [2.24, 2.45) is 4.99 Å². The van der Waals surface area contributed by atoms with Crippen molar-refractivity contribution >= 4 is 28.6 Å². The van der Waals surface area contributed by atoms with Crippen LogP contribution in [0.1, 0.15) is 56.7 Å². The molecule has 12 rings (SSSR count). The van der Waals surface area contributed by atoms with Crippen molar-refractivity contribution in [1.29, 1.82) is 0 Å². The van der Waals surface area contributed by atoms with Gasteiger partial charge in [0.25, 0.3) is 0 Å². The zero-order valence-electron chi connectivity index (χ0n) is 36.8. The number of rotatable bonds is 7. The highest BCUT2D eigenvalue weighted by Gasteiger charge is 2.54. The van der Waals surface area contributed by atoms with E-state index in [1.165, 1.54) is 67.1 Å². The summed E-state index contributed by atoms with van der Waals surface area (Å²) in [6.07, 6.45) is 8.79. The van der Waals surface area contributed by atoms with Gasteiger partial charge in [-0.05, 0) is 85.5 Å². The highest BCUT2D eigenvalue weighted by atomic mass is 15.3. The molecule has 3 unspecified atom stereocenters. The van der Waals surface area contributed by atoms with E-state index < -0.39 is 5.41 Å². The van der Waals surface area contributed by atoms with E-state index in [9.17, 15) is 0 Å². The minimum atomic E-state index is -0.496. The second-order valence-corrected chi connectivity index (χ2v) is 16.5. The molecule has 3 aliphatic heterocycles. The molecule has 4 heteroatoms. The summed E-state index contributed by atoms with van der Waals surface area (Å²) in [5, 5.41) is 7.55. The Labute approximate surface area is 388 Å². The van der Waals surface area contributed by atoms with E-state index in [-0.39, 0.29) is 12.2 Å². The highest BCUT2D eigenvalue weighted by Crippen LogP contribution is 2.66. The van der Waals surface area contributed by atoms with Gasteiger partial charge < -0.3 is 15.5 Å². The van der Waals surface area contributed by atoms with Crippen molar-refractivity contribution < 1.29 is 0 Å². The Balaban J connectivity index is 0.000000595. The Hall–Kier alpha value is -8.47. The van der Waals surface area contributed by atoms with Gasteiger partial charge in [-0.15, -0.1) is 0 Å². The molecule has 0 saturated heterocycles. The highest BCUT2D eigenvalue weighted by molar-refractivity contribution is 6.05. The van der Waals surface area contributed by atoms with Crippen molar-refractivity contribution in [3.63, 3.8) is 0 Å². The van der Waals surface area contributed by atoms with Crippen LogP contribution in [-0.2, 0) is 5.41 Å². The van der Waals surface area contributed by atoms with Crippen LogP contribution >= 0.6 is 0 Å². The molecule has 4 aliphatic rings. The van der Waals surface area contributed by atoms with E-state index in [0.29, 0.717) is 0 Å². The third-order valence-corrected chi connectivity index (χ3v) is 12.9. The summed E-state index contributed by atoms with van der Waals surface area (Å²) >= 11 is 0. The van der Waals surface area contributed by atoms with Crippen molar-refractivity contribution in [2.45, 2.75) is 17.6 Å². The molecule has 318 valence electrons. The van der Waals surface area contributed by atoms with Gasteiger partial charge in [0.2, 0.25) is 0 Å². The summed E-state index contributed by atoms with van der Waals surface area (Å²) in [4.78, 5) is 7.77. The lowest BCUT2D eigenvalue weighted by molar-refractivity contribution is 0.720. The molecule has 0 saturated carbocycles. The van der Waals surface area contributed by atoms with Crippen molar-refractivity contribution in [2.75, 3.05) is 10.2 Å². The third-order valence-electron chi connectivity index (χ3n) is 12.9. The van der Waals surface area contributed by atoms with Crippen LogP contribution in [0.3, 0.4) is 0 Å². The number of allylic oxidation sites excluding steroid dienone is 4. The molecule has 1 spiro atoms. The minimum absolute atomic E-state index is 0.0107. The van der Waals surface area contributed by atoms with Gasteiger partial charge in [-0.2, -0.15) is 0 Å². The van der Waals surface area contributed by atoms with Gasteiger partial charge >= 0.3 is 0 Å². The molecule has 3 atom stereocenters. The maximum absolute atomic E-state index is 5.23. The van der Waals surface area contributed by atoms with E-state index in [4.69, 9.17) is 4.99 Å². The van der Waals surface area contributed by atoms with Gasteiger partial charge in [-0.25, -0.2) is 0 Å². The number of aliphatic imine (C=N–C) groups is 1. The first-order valence-electron chi connectivity index (χ1n) is 22.4. The van der Waals surface area contributed by atoms with Gasteiger partial charge in [-0.1, -0.05) is 233 Å². The summed E-state index contributed by atoms with van der Waals surface area (Å²) in [7, 11) is 0. The molecule has 4 nitrogen and oxygen atoms in total. The van der Waals surface area contributed by atoms with Crippen LogP contribution < -0.4 is 15.5 Å². The lowest BCUT2D eigenvalue weighted by Crippen LogP contribution is -2.37. The molecule has 0 aromatic heterocycles. The van der Waals surface area contributed by atoms with Crippen LogP contribution in [-0.4, -0.2) is 5.84 Å². The van der Waals surface area contributed by atoms with Crippen LogP contribution in [0.4, 0.5) is 17.1 Å². The van der Waals surface area contributed by atoms with Gasteiger partial charge in [0.15, 0.2) is 0 Å². The monoisotopic (exact) mass is 850 g/mol. The summed E-state index contributed by atoms with van der Waals surface area (Å²) in [6, 6.07) is 72.7. The van der Waals surface area contributed by atoms with E-state index in [2.05, 4.69) is 242 Å². The van der Waals surface area contributed by atoms with Crippen molar-refractivity contribution in [3.8, 4) is 22.3 Å². The number of anilines is 3. The number of amidine groups is 1. The molecular formula is C62H50N4. The predicted molar refractivity (Wildman–Crippen MR) is 278 cm³/mol. The Kier molecular flexibility index (Phi) is 11.3. The average Bonchev–Trinajstić information content (AvgIpc) is 3.93. The molecule has 0 amide bonds. The van der Waals surface area contributed by atoms with Gasteiger partial charge in [0, 0.05) is 16.9 Å². The number of fused-ring (bicyclic) bond motifs is 9. The summed E-state index contributed by atoms with van der Waals surface area (Å²) < 4.78 is 0. The average molecular weight is 851 g/mol. The summed E-state index contributed by atoms with van der Waals surface area (Å²) in [5.74, 6) is 0.878. The largest absolute Gasteiger partial charge is 0.359 e. The summed E-state index contributed by atoms with van der Waals surface area (Å²) in [5.41, 5.74) is 19.1. The van der Waals surface area contributed by atoms with Crippen LogP contribution in [0.15, 0.2) is 262 Å². The lowest BCUT2D eigenvalue weighted by atomic mass is 9.64. The van der Waals surface area contributed by atoms with Gasteiger partial charge in [0.05, 0.1) is 22.8 Å². The van der Waals surface area contributed by atoms with Crippen LogP contribution in [0.5, 0.6) is 0 Å². The Morgan fingerprint density at radius 2 is 1.05 bits per heavy atom. The number of hydrogen-bond acceptors (Lipinski definition) is 4. The number of hydrogen-bond donors (Lipinski definition) is 2. The normalized spacial score (nSPS) is 17.5. The molecule has 3 heterocycles. The molecule has 1 aliphatic carbocycles. The predicted octanol–water partition coefficient (Wildman–Crippen LogP) is 15.1. The quantitative estimate of drug-likeness (QED) is 0.157. The minimum Gasteiger partial charge on any atom is -0.359 e. The van der Waals surface area contributed by atoms with E-state index in [0.717, 1.165) is 28.2 Å². The fraction of sp³-hybridized carbons (Fsp3) is 0.0484. The Morgan fingerprint density at radius 1 is 0.470 bits per heavy atom. The first-order chi connectivity index (χ1) is 32.6. The maximum Gasteiger partial charge on any atom is 0.133 e. The Bertz CT molecular complexity index is 3090. The van der Waals surface area contributed by atoms with Crippen LogP contribution in [0, 0.1) is 0 Å². The van der Waals surface area contributed by atoms with E-state index in [1.54, 1.807) is 24.3 Å². The standard InChI is InChI=1S/C54H38N4.2C4H6/c1-4-15-36(16-5-1)48-34-49(56-52(55-48)38-17-6-2-7-18-38)37-29-27-35(28-30-37)40-31-32-42-41-21-10-11-22-43(41)54(46(42)33-40)44-23-12-13-26-50(44)58-51-45(54)24-14-25-47(51)57-53(58)39-19-8-3-9-20-39;2*1-3-4-2/h1-34,49,53,57H,(H,55,56);2*3-4H,1-2H2. The first-order valence-corrected chi connectivity index (χ1v) is 22.4. The third kappa shape index (κ3) is 7.10. The fourth-order valence-corrected chi connectivity index (χ4v) is 9.98. The lowest BCUT2D eigenvalue weighted by Gasteiger charge is -2.44. The molecular weight excluding hydrogens is 801 g/mol. The molecule has 8 aromatic carbocycles. The SMILES string of the molecule is C1=C(c2ccccc2)NC(c2ccccc2)=NC1c1ccc(-c2ccc3c(c2)C2(c4ccccc4-3)c3ccccc3N3c4c(cccc42)NC3c2ccccc2)cc1.C=CC=C.C=CC=C. The second kappa shape index (κ2) is 18.0. The Morgan fingerprint density at radius 3 is 1.74 bits per heavy atom. The molecule has 66 heavy (non-hydrogen) atoms. The molecule has 0 bridgehead atoms. The number of nitrogens with zero attached hydrogens (tertiary/aromatic N) is 2. The number of para-hydroxylation sites is 2. The zero-order chi connectivity index (χ0) is 45.0. The first kappa shape index (κ1) is 41.5. The zero-order valence-corrected chi connectivity index (χ0v) is 36.8. The van der Waals surface area contributed by atoms with E-state index >= 15 is 0 Å². The smallest absolute Gasteiger partial charge is 0.133 e. The fourth-order valence-electron chi connectivity index (χ4n) is 9.98. The van der Waals surface area contributed by atoms with Gasteiger partial charge in [-0.3, -0.25) is 4.99 Å². The molecule has 0 radical (unpaired) electrons. The van der Waals surface area contributed by atoms with Crippen molar-refractivity contribution in [1.82, 2.24) is 5.32 Å². The van der Waals surface area contributed by atoms with Crippen molar-refractivity contribution in [3.05, 3.63) is 301 Å². The maximum atomic E-state index is 5.23. The number of nitrogens with one attached hydrogen (secondary N) is 2. The molecule has 0 fully saturated rings. The number of benzene rings is 8. The second-order valence-electron chi connectivity index (χ2n) is 16.5. The van der Waals surface area contributed by atoms with Gasteiger partial charge in [0.1, 0.15) is 12.0 Å². The van der Waals surface area contributed by atoms with Crippen LogP contribution in [0.2, 0.25) is 0 Å². The molecule has 8 aromatic rings. The van der Waals surface area contributed by atoms with E-state index in [1.807, 2.05) is 6.07 Å². The van der Waals surface area contributed by atoms with Crippen LogP contribution in [0.25, 0.3) is 28.0 Å². The summed E-state index contributed by atoms with van der Waals surface area (Å²) in [6.45, 7) is 13.4.